The highest BCUT2D eigenvalue weighted by Gasteiger charge is 2.10. The van der Waals surface area contributed by atoms with Gasteiger partial charge in [-0.15, -0.1) is 0 Å². The molecule has 0 aromatic carbocycles. The summed E-state index contributed by atoms with van der Waals surface area (Å²) >= 11 is 4.89. The average Bonchev–Trinajstić information content (AvgIpc) is 2.37. The van der Waals surface area contributed by atoms with E-state index in [9.17, 15) is 0 Å². The van der Waals surface area contributed by atoms with E-state index in [0.717, 1.165) is 27.4 Å². The van der Waals surface area contributed by atoms with Crippen LogP contribution in [0.3, 0.4) is 0 Å². The molecule has 0 aliphatic carbocycles. The molecule has 0 spiro atoms. The van der Waals surface area contributed by atoms with Crippen LogP contribution in [0.15, 0.2) is 33.4 Å². The van der Waals surface area contributed by atoms with Crippen LogP contribution in [0, 0.1) is 6.92 Å². The Kier molecular flexibility index (Phi) is 4.48. The Hall–Kier alpha value is -1.21. The van der Waals surface area contributed by atoms with Gasteiger partial charge in [-0.1, -0.05) is 0 Å². The highest BCUT2D eigenvalue weighted by atomic mass is 79.9. The number of hydrogen-bond acceptors (Lipinski definition) is 6. The minimum absolute atomic E-state index is 0.669. The highest BCUT2D eigenvalue weighted by Crippen LogP contribution is 2.32. The van der Waals surface area contributed by atoms with Crippen LogP contribution in [0.4, 0.5) is 5.82 Å². The van der Waals surface area contributed by atoms with Crippen molar-refractivity contribution in [2.75, 3.05) is 11.9 Å². The standard InChI is InChI=1S/C11H12BrN5S/c1-3-13-9-8(12)10(17-6-16-9)18-11-14-4-7(2)5-15-11/h4-6H,3H2,1-2H3,(H,13,16,17). The maximum atomic E-state index is 4.24. The third-order valence-electron chi connectivity index (χ3n) is 2.05. The minimum atomic E-state index is 0.669. The maximum Gasteiger partial charge on any atom is 0.193 e. The SMILES string of the molecule is CCNc1ncnc(Sc2ncc(C)cn2)c1Br. The first-order valence-corrected chi connectivity index (χ1v) is 7.02. The zero-order valence-corrected chi connectivity index (χ0v) is 12.4. The molecule has 0 aliphatic rings. The van der Waals surface area contributed by atoms with Gasteiger partial charge in [-0.2, -0.15) is 0 Å². The molecule has 94 valence electrons. The van der Waals surface area contributed by atoms with Gasteiger partial charge in [0, 0.05) is 18.9 Å². The second-order valence-corrected chi connectivity index (χ2v) is 5.27. The van der Waals surface area contributed by atoms with E-state index >= 15 is 0 Å². The highest BCUT2D eigenvalue weighted by molar-refractivity contribution is 9.10. The van der Waals surface area contributed by atoms with Crippen molar-refractivity contribution < 1.29 is 0 Å². The molecule has 2 aromatic heterocycles. The lowest BCUT2D eigenvalue weighted by molar-refractivity contribution is 0.937. The van der Waals surface area contributed by atoms with Gasteiger partial charge in [0.2, 0.25) is 0 Å². The molecule has 0 bridgehead atoms. The lowest BCUT2D eigenvalue weighted by atomic mass is 10.4. The third kappa shape index (κ3) is 3.17. The molecule has 2 heterocycles. The molecule has 18 heavy (non-hydrogen) atoms. The number of aryl methyl sites for hydroxylation is 1. The van der Waals surface area contributed by atoms with Crippen molar-refractivity contribution in [3.63, 3.8) is 0 Å². The number of nitrogens with one attached hydrogen (secondary N) is 1. The van der Waals surface area contributed by atoms with Gasteiger partial charge in [0.15, 0.2) is 5.16 Å². The molecule has 5 nitrogen and oxygen atoms in total. The number of halogens is 1. The van der Waals surface area contributed by atoms with Crippen LogP contribution in [0.2, 0.25) is 0 Å². The fraction of sp³-hybridized carbons (Fsp3) is 0.273. The summed E-state index contributed by atoms with van der Waals surface area (Å²) in [5, 5.41) is 4.62. The number of nitrogens with zero attached hydrogens (tertiary/aromatic N) is 4. The molecule has 7 heteroatoms. The van der Waals surface area contributed by atoms with Crippen molar-refractivity contribution in [3.8, 4) is 0 Å². The van der Waals surface area contributed by atoms with E-state index in [-0.39, 0.29) is 0 Å². The van der Waals surface area contributed by atoms with Crippen molar-refractivity contribution in [2.24, 2.45) is 0 Å². The van der Waals surface area contributed by atoms with Gasteiger partial charge in [-0.05, 0) is 47.1 Å². The lowest BCUT2D eigenvalue weighted by Gasteiger charge is -2.07. The number of rotatable bonds is 4. The number of hydrogen-bond donors (Lipinski definition) is 1. The van der Waals surface area contributed by atoms with Crippen molar-refractivity contribution in [3.05, 3.63) is 28.8 Å². The van der Waals surface area contributed by atoms with E-state index in [1.165, 1.54) is 18.1 Å². The molecule has 1 N–H and O–H groups in total. The average molecular weight is 326 g/mol. The Morgan fingerprint density at radius 3 is 2.61 bits per heavy atom. The predicted octanol–water partition coefficient (Wildman–Crippen LogP) is 2.92. The van der Waals surface area contributed by atoms with Crippen LogP contribution < -0.4 is 5.32 Å². The van der Waals surface area contributed by atoms with Gasteiger partial charge in [0.05, 0.1) is 4.47 Å². The Balaban J connectivity index is 2.23. The summed E-state index contributed by atoms with van der Waals surface area (Å²) in [5.74, 6) is 0.780. The smallest absolute Gasteiger partial charge is 0.193 e. The van der Waals surface area contributed by atoms with Crippen LogP contribution >= 0.6 is 27.7 Å². The van der Waals surface area contributed by atoms with Crippen molar-refractivity contribution >= 4 is 33.5 Å². The topological polar surface area (TPSA) is 63.6 Å². The summed E-state index contributed by atoms with van der Waals surface area (Å²) in [5.41, 5.74) is 1.04. The second kappa shape index (κ2) is 6.10. The summed E-state index contributed by atoms with van der Waals surface area (Å²) in [6.07, 6.45) is 5.10. The van der Waals surface area contributed by atoms with Crippen LogP contribution in [0.5, 0.6) is 0 Å². The Morgan fingerprint density at radius 1 is 1.22 bits per heavy atom. The first-order chi connectivity index (χ1) is 8.70. The largest absolute Gasteiger partial charge is 0.369 e. The zero-order chi connectivity index (χ0) is 13.0. The van der Waals surface area contributed by atoms with Crippen LogP contribution in [-0.4, -0.2) is 26.5 Å². The summed E-state index contributed by atoms with van der Waals surface area (Å²) < 4.78 is 0.834. The number of aromatic nitrogens is 4. The fourth-order valence-corrected chi connectivity index (χ4v) is 2.49. The normalized spacial score (nSPS) is 10.4. The van der Waals surface area contributed by atoms with E-state index in [4.69, 9.17) is 0 Å². The summed E-state index contributed by atoms with van der Waals surface area (Å²) in [6.45, 7) is 4.78. The van der Waals surface area contributed by atoms with Crippen LogP contribution in [0.1, 0.15) is 12.5 Å². The fourth-order valence-electron chi connectivity index (χ4n) is 1.24. The Labute approximate surface area is 118 Å². The zero-order valence-electron chi connectivity index (χ0n) is 10.0. The molecule has 0 aliphatic heterocycles. The first kappa shape index (κ1) is 13.2. The first-order valence-electron chi connectivity index (χ1n) is 5.41. The maximum absolute atomic E-state index is 4.24. The van der Waals surface area contributed by atoms with E-state index in [0.29, 0.717) is 5.16 Å². The summed E-state index contributed by atoms with van der Waals surface area (Å²) in [6, 6.07) is 0. The summed E-state index contributed by atoms with van der Waals surface area (Å²) in [4.78, 5) is 16.9. The van der Waals surface area contributed by atoms with Gasteiger partial charge in [0.1, 0.15) is 17.2 Å². The molecule has 0 saturated heterocycles. The van der Waals surface area contributed by atoms with Crippen LogP contribution in [-0.2, 0) is 0 Å². The lowest BCUT2D eigenvalue weighted by Crippen LogP contribution is -2.01. The molecule has 2 rings (SSSR count). The van der Waals surface area contributed by atoms with E-state index < -0.39 is 0 Å². The predicted molar refractivity (Wildman–Crippen MR) is 74.8 cm³/mol. The third-order valence-corrected chi connectivity index (χ3v) is 3.96. The summed E-state index contributed by atoms with van der Waals surface area (Å²) in [7, 11) is 0. The van der Waals surface area contributed by atoms with Crippen LogP contribution in [0.25, 0.3) is 0 Å². The van der Waals surface area contributed by atoms with Crippen molar-refractivity contribution in [2.45, 2.75) is 24.0 Å². The van der Waals surface area contributed by atoms with Gasteiger partial charge < -0.3 is 5.32 Å². The molecular weight excluding hydrogens is 314 g/mol. The van der Waals surface area contributed by atoms with E-state index in [2.05, 4.69) is 41.2 Å². The molecule has 0 amide bonds. The second-order valence-electron chi connectivity index (χ2n) is 3.52. The van der Waals surface area contributed by atoms with Gasteiger partial charge >= 0.3 is 0 Å². The number of anilines is 1. The van der Waals surface area contributed by atoms with E-state index in [1.54, 1.807) is 12.4 Å². The Morgan fingerprint density at radius 2 is 1.94 bits per heavy atom. The quantitative estimate of drug-likeness (QED) is 0.688. The molecule has 0 radical (unpaired) electrons. The molecule has 0 atom stereocenters. The molecule has 2 aromatic rings. The monoisotopic (exact) mass is 325 g/mol. The van der Waals surface area contributed by atoms with Crippen molar-refractivity contribution in [1.29, 1.82) is 0 Å². The minimum Gasteiger partial charge on any atom is -0.369 e. The molecular formula is C11H12BrN5S. The molecule has 0 saturated carbocycles. The van der Waals surface area contributed by atoms with Gasteiger partial charge in [-0.3, -0.25) is 0 Å². The van der Waals surface area contributed by atoms with Crippen molar-refractivity contribution in [1.82, 2.24) is 19.9 Å². The van der Waals surface area contributed by atoms with E-state index in [1.807, 2.05) is 13.8 Å². The van der Waals surface area contributed by atoms with Gasteiger partial charge in [0.25, 0.3) is 0 Å². The molecule has 0 unspecified atom stereocenters. The molecule has 0 fully saturated rings. The van der Waals surface area contributed by atoms with Gasteiger partial charge in [-0.25, -0.2) is 19.9 Å². The Bertz CT molecular complexity index is 531.